The maximum absolute atomic E-state index is 8.97. The van der Waals surface area contributed by atoms with E-state index in [1.165, 1.54) is 11.1 Å². The van der Waals surface area contributed by atoms with Gasteiger partial charge in [-0.05, 0) is 50.6 Å². The van der Waals surface area contributed by atoms with Gasteiger partial charge in [0.2, 0.25) is 0 Å². The van der Waals surface area contributed by atoms with Crippen LogP contribution in [0.2, 0.25) is 5.02 Å². The molecule has 0 unspecified atom stereocenters. The van der Waals surface area contributed by atoms with E-state index in [9.17, 15) is 0 Å². The summed E-state index contributed by atoms with van der Waals surface area (Å²) in [7, 11) is 2.17. The number of rotatable bonds is 5. The summed E-state index contributed by atoms with van der Waals surface area (Å²) in [5, 5.41) is 10.9. The maximum atomic E-state index is 8.97. The number of aromatic nitrogens is 1. The third-order valence-corrected chi connectivity index (χ3v) is 5.01. The molecule has 1 aliphatic rings. The zero-order valence-corrected chi connectivity index (χ0v) is 14.3. The SMILES string of the molecule is CN(CCCO)C1CCN(c2ccnc3cc(Cl)ccc23)CC1. The Hall–Kier alpha value is -1.36. The molecule has 1 fully saturated rings. The van der Waals surface area contributed by atoms with E-state index >= 15 is 0 Å². The van der Waals surface area contributed by atoms with Gasteiger partial charge in [0, 0.05) is 54.6 Å². The van der Waals surface area contributed by atoms with Crippen LogP contribution >= 0.6 is 11.6 Å². The van der Waals surface area contributed by atoms with Crippen molar-refractivity contribution < 1.29 is 5.11 Å². The smallest absolute Gasteiger partial charge is 0.0737 e. The van der Waals surface area contributed by atoms with Gasteiger partial charge in [-0.1, -0.05) is 11.6 Å². The van der Waals surface area contributed by atoms with E-state index in [2.05, 4.69) is 34.0 Å². The Balaban J connectivity index is 1.70. The third-order valence-electron chi connectivity index (χ3n) is 4.78. The quantitative estimate of drug-likeness (QED) is 0.912. The zero-order chi connectivity index (χ0) is 16.2. The normalized spacial score (nSPS) is 16.4. The van der Waals surface area contributed by atoms with Crippen LogP contribution in [0.15, 0.2) is 30.5 Å². The van der Waals surface area contributed by atoms with Crippen LogP contribution in [0.3, 0.4) is 0 Å². The van der Waals surface area contributed by atoms with Crippen LogP contribution in [0.25, 0.3) is 10.9 Å². The van der Waals surface area contributed by atoms with E-state index in [-0.39, 0.29) is 6.61 Å². The predicted octanol–water partition coefficient (Wildman–Crippen LogP) is 3.17. The number of hydrogen-bond acceptors (Lipinski definition) is 4. The molecular formula is C18H24ClN3O. The number of hydrogen-bond donors (Lipinski definition) is 1. The second kappa shape index (κ2) is 7.47. The predicted molar refractivity (Wildman–Crippen MR) is 96.3 cm³/mol. The molecule has 1 N–H and O–H groups in total. The number of fused-ring (bicyclic) bond motifs is 1. The average Bonchev–Trinajstić information content (AvgIpc) is 2.59. The highest BCUT2D eigenvalue weighted by Gasteiger charge is 2.23. The molecule has 1 aromatic carbocycles. The first kappa shape index (κ1) is 16.5. The minimum absolute atomic E-state index is 0.273. The minimum atomic E-state index is 0.273. The highest BCUT2D eigenvalue weighted by atomic mass is 35.5. The molecule has 1 saturated heterocycles. The van der Waals surface area contributed by atoms with Crippen LogP contribution in [-0.4, -0.2) is 54.3 Å². The van der Waals surface area contributed by atoms with Crippen LogP contribution in [0.4, 0.5) is 5.69 Å². The number of pyridine rings is 1. The summed E-state index contributed by atoms with van der Waals surface area (Å²) in [6.07, 6.45) is 5.03. The van der Waals surface area contributed by atoms with Gasteiger partial charge in [-0.3, -0.25) is 4.98 Å². The Labute approximate surface area is 142 Å². The maximum Gasteiger partial charge on any atom is 0.0737 e. The Kier molecular flexibility index (Phi) is 5.36. The average molecular weight is 334 g/mol. The lowest BCUT2D eigenvalue weighted by atomic mass is 10.0. The number of nitrogens with zero attached hydrogens (tertiary/aromatic N) is 3. The van der Waals surface area contributed by atoms with Crippen LogP contribution in [0, 0.1) is 0 Å². The van der Waals surface area contributed by atoms with E-state index in [0.29, 0.717) is 6.04 Å². The van der Waals surface area contributed by atoms with Gasteiger partial charge in [-0.25, -0.2) is 0 Å². The summed E-state index contributed by atoms with van der Waals surface area (Å²) < 4.78 is 0. The summed E-state index contributed by atoms with van der Waals surface area (Å²) in [4.78, 5) is 9.27. The fraction of sp³-hybridized carbons (Fsp3) is 0.500. The van der Waals surface area contributed by atoms with Gasteiger partial charge in [-0.2, -0.15) is 0 Å². The first-order valence-electron chi connectivity index (χ1n) is 8.29. The lowest BCUT2D eigenvalue weighted by Gasteiger charge is -2.38. The third kappa shape index (κ3) is 3.77. The topological polar surface area (TPSA) is 39.6 Å². The van der Waals surface area contributed by atoms with Crippen molar-refractivity contribution >= 4 is 28.2 Å². The molecule has 124 valence electrons. The molecule has 0 aliphatic carbocycles. The van der Waals surface area contributed by atoms with Crippen LogP contribution in [0.1, 0.15) is 19.3 Å². The Morgan fingerprint density at radius 2 is 2.09 bits per heavy atom. The number of aliphatic hydroxyl groups is 1. The molecule has 0 radical (unpaired) electrons. The van der Waals surface area contributed by atoms with Gasteiger partial charge in [0.25, 0.3) is 0 Å². The van der Waals surface area contributed by atoms with E-state index in [1.54, 1.807) is 0 Å². The molecule has 1 aromatic heterocycles. The summed E-state index contributed by atoms with van der Waals surface area (Å²) in [5.74, 6) is 0. The molecule has 0 atom stereocenters. The highest BCUT2D eigenvalue weighted by Crippen LogP contribution is 2.30. The lowest BCUT2D eigenvalue weighted by Crippen LogP contribution is -2.43. The summed E-state index contributed by atoms with van der Waals surface area (Å²) >= 11 is 6.08. The number of aliphatic hydroxyl groups excluding tert-OH is 1. The molecule has 2 heterocycles. The van der Waals surface area contributed by atoms with Gasteiger partial charge < -0.3 is 14.9 Å². The molecule has 0 bridgehead atoms. The van der Waals surface area contributed by atoms with Crippen molar-refractivity contribution in [1.82, 2.24) is 9.88 Å². The molecule has 0 spiro atoms. The van der Waals surface area contributed by atoms with E-state index in [0.717, 1.165) is 49.4 Å². The van der Waals surface area contributed by atoms with Crippen molar-refractivity contribution in [3.8, 4) is 0 Å². The molecule has 2 aromatic rings. The van der Waals surface area contributed by atoms with E-state index in [4.69, 9.17) is 16.7 Å². The lowest BCUT2D eigenvalue weighted by molar-refractivity contribution is 0.184. The molecule has 23 heavy (non-hydrogen) atoms. The Morgan fingerprint density at radius 3 is 2.83 bits per heavy atom. The first-order chi connectivity index (χ1) is 11.2. The van der Waals surface area contributed by atoms with Gasteiger partial charge in [0.05, 0.1) is 5.52 Å². The first-order valence-corrected chi connectivity index (χ1v) is 8.67. The molecule has 3 rings (SSSR count). The molecule has 1 aliphatic heterocycles. The van der Waals surface area contributed by atoms with Gasteiger partial charge in [0.15, 0.2) is 0 Å². The Bertz CT molecular complexity index is 656. The molecule has 4 nitrogen and oxygen atoms in total. The molecular weight excluding hydrogens is 310 g/mol. The Morgan fingerprint density at radius 1 is 1.30 bits per heavy atom. The monoisotopic (exact) mass is 333 g/mol. The van der Waals surface area contributed by atoms with Crippen molar-refractivity contribution in [2.75, 3.05) is 38.2 Å². The molecule has 0 saturated carbocycles. The van der Waals surface area contributed by atoms with Crippen molar-refractivity contribution in [3.05, 3.63) is 35.5 Å². The summed E-state index contributed by atoms with van der Waals surface area (Å²) in [6, 6.07) is 8.64. The van der Waals surface area contributed by atoms with Crippen molar-refractivity contribution in [2.45, 2.75) is 25.3 Å². The summed E-state index contributed by atoms with van der Waals surface area (Å²) in [5.41, 5.74) is 2.21. The fourth-order valence-corrected chi connectivity index (χ4v) is 3.60. The van der Waals surface area contributed by atoms with Gasteiger partial charge in [0.1, 0.15) is 0 Å². The van der Waals surface area contributed by atoms with Crippen molar-refractivity contribution in [2.24, 2.45) is 0 Å². The van der Waals surface area contributed by atoms with Crippen molar-refractivity contribution in [1.29, 1.82) is 0 Å². The minimum Gasteiger partial charge on any atom is -0.396 e. The number of halogens is 1. The van der Waals surface area contributed by atoms with Crippen LogP contribution in [0.5, 0.6) is 0 Å². The second-order valence-corrected chi connectivity index (χ2v) is 6.70. The standard InChI is InChI=1S/C18H24ClN3O/c1-21(9-2-12-23)15-6-10-22(11-7-15)18-5-8-20-17-13-14(19)3-4-16(17)18/h3-5,8,13,15,23H,2,6-7,9-12H2,1H3. The van der Waals surface area contributed by atoms with Crippen molar-refractivity contribution in [3.63, 3.8) is 0 Å². The largest absolute Gasteiger partial charge is 0.396 e. The van der Waals surface area contributed by atoms with Crippen LogP contribution < -0.4 is 4.90 Å². The fourth-order valence-electron chi connectivity index (χ4n) is 3.43. The van der Waals surface area contributed by atoms with Gasteiger partial charge >= 0.3 is 0 Å². The van der Waals surface area contributed by atoms with Gasteiger partial charge in [-0.15, -0.1) is 0 Å². The molecule has 5 heteroatoms. The summed E-state index contributed by atoms with van der Waals surface area (Å²) in [6.45, 7) is 3.35. The zero-order valence-electron chi connectivity index (χ0n) is 13.6. The number of anilines is 1. The van der Waals surface area contributed by atoms with E-state index < -0.39 is 0 Å². The highest BCUT2D eigenvalue weighted by molar-refractivity contribution is 6.31. The number of piperidine rings is 1. The van der Waals surface area contributed by atoms with Crippen LogP contribution in [-0.2, 0) is 0 Å². The van der Waals surface area contributed by atoms with E-state index in [1.807, 2.05) is 18.3 Å². The molecule has 0 amide bonds. The number of benzene rings is 1. The second-order valence-electron chi connectivity index (χ2n) is 6.27.